The number of amides is 1. The number of benzene rings is 1. The summed E-state index contributed by atoms with van der Waals surface area (Å²) in [6.45, 7) is 10.9. The number of ether oxygens (including phenoxy) is 1. The molecule has 0 atom stereocenters. The van der Waals surface area contributed by atoms with Crippen molar-refractivity contribution in [1.29, 1.82) is 0 Å². The van der Waals surface area contributed by atoms with E-state index in [1.807, 2.05) is 45.3 Å². The lowest BCUT2D eigenvalue weighted by atomic mass is 9.93. The topological polar surface area (TPSA) is 84.6 Å². The summed E-state index contributed by atoms with van der Waals surface area (Å²) >= 11 is 0. The third-order valence-corrected chi connectivity index (χ3v) is 7.26. The molecule has 4 heterocycles. The highest BCUT2D eigenvalue weighted by Gasteiger charge is 2.26. The maximum atomic E-state index is 12.4. The standard InChI is InChI=1S/C30H39N5O3/c1-5-7-22-19-31-28(32-20-22)34-14-10-21(11-15-34)18-26-33-27-24(8-6-9-25(27)37-26)23-12-16-35(17-13-23)29(36)38-30(2,3)4/h6,8-9,12,19-21H,5,7,10-11,13-18H2,1-4H3. The number of piperidine rings is 1. The minimum absolute atomic E-state index is 0.263. The van der Waals surface area contributed by atoms with Crippen LogP contribution in [0.25, 0.3) is 16.7 Å². The highest BCUT2D eigenvalue weighted by atomic mass is 16.6. The van der Waals surface area contributed by atoms with Gasteiger partial charge in [0.25, 0.3) is 0 Å². The van der Waals surface area contributed by atoms with Gasteiger partial charge >= 0.3 is 6.09 Å². The van der Waals surface area contributed by atoms with E-state index in [4.69, 9.17) is 14.1 Å². The van der Waals surface area contributed by atoms with Crippen molar-refractivity contribution in [1.82, 2.24) is 19.9 Å². The number of carbonyl (C=O) groups is 1. The Hall–Kier alpha value is -3.42. The number of hydrogen-bond acceptors (Lipinski definition) is 7. The van der Waals surface area contributed by atoms with Crippen molar-refractivity contribution in [3.8, 4) is 0 Å². The molecule has 202 valence electrons. The molecule has 1 aromatic carbocycles. The molecule has 0 spiro atoms. The average molecular weight is 518 g/mol. The first-order valence-corrected chi connectivity index (χ1v) is 13.9. The number of aryl methyl sites for hydroxylation is 1. The van der Waals surface area contributed by atoms with Gasteiger partial charge in [0, 0.05) is 50.6 Å². The first kappa shape index (κ1) is 26.2. The highest BCUT2D eigenvalue weighted by molar-refractivity contribution is 5.88. The van der Waals surface area contributed by atoms with Gasteiger partial charge in [-0.2, -0.15) is 0 Å². The lowest BCUT2D eigenvalue weighted by Crippen LogP contribution is -2.39. The zero-order valence-corrected chi connectivity index (χ0v) is 23.1. The molecular weight excluding hydrogens is 478 g/mol. The van der Waals surface area contributed by atoms with Crippen molar-refractivity contribution in [3.63, 3.8) is 0 Å². The molecule has 0 bridgehead atoms. The molecule has 1 fully saturated rings. The Morgan fingerprint density at radius 2 is 1.89 bits per heavy atom. The number of anilines is 1. The quantitative estimate of drug-likeness (QED) is 0.393. The maximum Gasteiger partial charge on any atom is 0.410 e. The molecule has 1 saturated heterocycles. The molecule has 8 nitrogen and oxygen atoms in total. The minimum atomic E-state index is -0.492. The van der Waals surface area contributed by atoms with Crippen LogP contribution in [0.4, 0.5) is 10.7 Å². The largest absolute Gasteiger partial charge is 0.444 e. The van der Waals surface area contributed by atoms with Crippen LogP contribution in [0.15, 0.2) is 41.1 Å². The summed E-state index contributed by atoms with van der Waals surface area (Å²) in [5.41, 5.74) is 4.75. The number of rotatable bonds is 6. The van der Waals surface area contributed by atoms with Crippen LogP contribution in [0.3, 0.4) is 0 Å². The second kappa shape index (κ2) is 11.1. The monoisotopic (exact) mass is 517 g/mol. The Kier molecular flexibility index (Phi) is 7.68. The Morgan fingerprint density at radius 3 is 2.55 bits per heavy atom. The molecule has 0 unspecified atom stereocenters. The minimum Gasteiger partial charge on any atom is -0.444 e. The molecule has 3 aromatic rings. The number of para-hydroxylation sites is 1. The molecular formula is C30H39N5O3. The van der Waals surface area contributed by atoms with Gasteiger partial charge in [-0.1, -0.05) is 31.6 Å². The second-order valence-electron chi connectivity index (χ2n) is 11.4. The Balaban J connectivity index is 1.21. The van der Waals surface area contributed by atoms with Crippen LogP contribution >= 0.6 is 0 Å². The van der Waals surface area contributed by atoms with Crippen molar-refractivity contribution < 1.29 is 13.9 Å². The molecule has 0 N–H and O–H groups in total. The third-order valence-electron chi connectivity index (χ3n) is 7.26. The molecule has 38 heavy (non-hydrogen) atoms. The van der Waals surface area contributed by atoms with Gasteiger partial charge in [-0.25, -0.2) is 19.7 Å². The van der Waals surface area contributed by atoms with Gasteiger partial charge in [0.2, 0.25) is 5.95 Å². The van der Waals surface area contributed by atoms with Gasteiger partial charge in [0.05, 0.1) is 0 Å². The van der Waals surface area contributed by atoms with Crippen molar-refractivity contribution in [2.24, 2.45) is 5.92 Å². The van der Waals surface area contributed by atoms with E-state index in [9.17, 15) is 4.79 Å². The Labute approximate surface area is 225 Å². The summed E-state index contributed by atoms with van der Waals surface area (Å²) in [6, 6.07) is 6.12. The van der Waals surface area contributed by atoms with E-state index in [0.29, 0.717) is 19.0 Å². The number of hydrogen-bond donors (Lipinski definition) is 0. The summed E-state index contributed by atoms with van der Waals surface area (Å²) < 4.78 is 11.7. The molecule has 5 rings (SSSR count). The van der Waals surface area contributed by atoms with Crippen LogP contribution in [-0.2, 0) is 17.6 Å². The third kappa shape index (κ3) is 6.17. The van der Waals surface area contributed by atoms with E-state index in [1.165, 1.54) is 11.1 Å². The summed E-state index contributed by atoms with van der Waals surface area (Å²) in [5.74, 6) is 2.16. The molecule has 0 saturated carbocycles. The highest BCUT2D eigenvalue weighted by Crippen LogP contribution is 2.31. The van der Waals surface area contributed by atoms with Crippen molar-refractivity contribution in [2.75, 3.05) is 31.1 Å². The first-order chi connectivity index (χ1) is 18.3. The molecule has 2 aliphatic heterocycles. The van der Waals surface area contributed by atoms with E-state index in [1.54, 1.807) is 4.90 Å². The van der Waals surface area contributed by atoms with E-state index in [0.717, 1.165) is 80.1 Å². The van der Waals surface area contributed by atoms with Crippen molar-refractivity contribution in [2.45, 2.75) is 71.8 Å². The van der Waals surface area contributed by atoms with Crippen molar-refractivity contribution in [3.05, 3.63) is 53.7 Å². The lowest BCUT2D eigenvalue weighted by Gasteiger charge is -2.31. The maximum absolute atomic E-state index is 12.4. The van der Waals surface area contributed by atoms with Crippen molar-refractivity contribution >= 4 is 28.7 Å². The summed E-state index contributed by atoms with van der Waals surface area (Å²) in [5, 5.41) is 0. The van der Waals surface area contributed by atoms with Gasteiger partial charge in [0.15, 0.2) is 11.5 Å². The molecule has 2 aliphatic rings. The molecule has 2 aromatic heterocycles. The summed E-state index contributed by atoms with van der Waals surface area (Å²) in [6.07, 6.45) is 11.6. The predicted octanol–water partition coefficient (Wildman–Crippen LogP) is 6.05. The SMILES string of the molecule is CCCc1cnc(N2CCC(Cc3nc4c(C5=CCN(C(=O)OC(C)(C)C)CC5)cccc4o3)CC2)nc1. The van der Waals surface area contributed by atoms with E-state index in [-0.39, 0.29) is 6.09 Å². The number of nitrogens with zero attached hydrogens (tertiary/aromatic N) is 5. The van der Waals surface area contributed by atoms with Gasteiger partial charge in [-0.3, -0.25) is 0 Å². The smallest absolute Gasteiger partial charge is 0.410 e. The van der Waals surface area contributed by atoms with Crippen LogP contribution in [0.1, 0.15) is 70.4 Å². The molecule has 1 amide bonds. The molecule has 0 aliphatic carbocycles. The average Bonchev–Trinajstić information content (AvgIpc) is 3.31. The molecule has 0 radical (unpaired) electrons. The number of aromatic nitrogens is 3. The summed E-state index contributed by atoms with van der Waals surface area (Å²) in [7, 11) is 0. The zero-order valence-electron chi connectivity index (χ0n) is 23.1. The van der Waals surface area contributed by atoms with Gasteiger partial charge in [0.1, 0.15) is 11.1 Å². The first-order valence-electron chi connectivity index (χ1n) is 13.9. The lowest BCUT2D eigenvalue weighted by molar-refractivity contribution is 0.0270. The van der Waals surface area contributed by atoms with Crippen LogP contribution in [0.5, 0.6) is 0 Å². The Morgan fingerprint density at radius 1 is 1.13 bits per heavy atom. The summed E-state index contributed by atoms with van der Waals surface area (Å²) in [4.78, 5) is 30.6. The second-order valence-corrected chi connectivity index (χ2v) is 11.4. The molecule has 8 heteroatoms. The fourth-order valence-corrected chi connectivity index (χ4v) is 5.26. The van der Waals surface area contributed by atoms with Crippen LogP contribution in [0, 0.1) is 5.92 Å². The zero-order chi connectivity index (χ0) is 26.7. The number of fused-ring (bicyclic) bond motifs is 1. The van der Waals surface area contributed by atoms with E-state index >= 15 is 0 Å². The van der Waals surface area contributed by atoms with Crippen LogP contribution in [0.2, 0.25) is 0 Å². The number of oxazole rings is 1. The Bertz CT molecular complexity index is 1280. The number of carbonyl (C=O) groups excluding carboxylic acids is 1. The van der Waals surface area contributed by atoms with Crippen LogP contribution in [-0.4, -0.2) is 57.7 Å². The van der Waals surface area contributed by atoms with E-state index in [2.05, 4.69) is 33.9 Å². The van der Waals surface area contributed by atoms with Gasteiger partial charge in [-0.15, -0.1) is 0 Å². The predicted molar refractivity (Wildman–Crippen MR) is 149 cm³/mol. The normalized spacial score (nSPS) is 17.1. The van der Waals surface area contributed by atoms with Gasteiger partial charge < -0.3 is 19.0 Å². The fraction of sp³-hybridized carbons (Fsp3) is 0.533. The van der Waals surface area contributed by atoms with Gasteiger partial charge in [-0.05, 0) is 69.6 Å². The van der Waals surface area contributed by atoms with E-state index < -0.39 is 5.60 Å². The van der Waals surface area contributed by atoms with Crippen LogP contribution < -0.4 is 4.90 Å². The fourth-order valence-electron chi connectivity index (χ4n) is 5.26.